The Balaban J connectivity index is 2.13. The Morgan fingerprint density at radius 1 is 0.895 bits per heavy atom. The van der Waals surface area contributed by atoms with E-state index in [2.05, 4.69) is 53.8 Å². The molecule has 0 bridgehead atoms. The number of aromatic nitrogens is 1. The SMILES string of the molecule is CNCc1ccccc1-c1ccc2ccccc2n1. The topological polar surface area (TPSA) is 24.9 Å². The van der Waals surface area contributed by atoms with Crippen molar-refractivity contribution in [3.05, 3.63) is 66.2 Å². The van der Waals surface area contributed by atoms with Gasteiger partial charge in [-0.25, -0.2) is 4.98 Å². The maximum absolute atomic E-state index is 4.76. The fraction of sp³-hybridized carbons (Fsp3) is 0.118. The molecule has 0 aliphatic heterocycles. The Morgan fingerprint density at radius 3 is 2.58 bits per heavy atom. The van der Waals surface area contributed by atoms with E-state index in [1.54, 1.807) is 0 Å². The summed E-state index contributed by atoms with van der Waals surface area (Å²) in [5.74, 6) is 0. The van der Waals surface area contributed by atoms with Crippen molar-refractivity contribution >= 4 is 10.9 Å². The largest absolute Gasteiger partial charge is 0.316 e. The minimum Gasteiger partial charge on any atom is -0.316 e. The summed E-state index contributed by atoms with van der Waals surface area (Å²) in [6.45, 7) is 0.852. The highest BCUT2D eigenvalue weighted by Gasteiger charge is 2.05. The lowest BCUT2D eigenvalue weighted by atomic mass is 10.0. The van der Waals surface area contributed by atoms with Gasteiger partial charge in [0.05, 0.1) is 11.2 Å². The van der Waals surface area contributed by atoms with Gasteiger partial charge in [-0.05, 0) is 24.7 Å². The minimum atomic E-state index is 0.852. The highest BCUT2D eigenvalue weighted by molar-refractivity contribution is 5.81. The van der Waals surface area contributed by atoms with Crippen molar-refractivity contribution in [3.8, 4) is 11.3 Å². The fourth-order valence-corrected chi connectivity index (χ4v) is 2.33. The summed E-state index contributed by atoms with van der Waals surface area (Å²) in [4.78, 5) is 4.76. The van der Waals surface area contributed by atoms with Gasteiger partial charge in [0, 0.05) is 17.5 Å². The van der Waals surface area contributed by atoms with Crippen LogP contribution in [0.1, 0.15) is 5.56 Å². The zero-order chi connectivity index (χ0) is 13.1. The van der Waals surface area contributed by atoms with Crippen LogP contribution in [0.4, 0.5) is 0 Å². The van der Waals surface area contributed by atoms with Crippen LogP contribution in [0.15, 0.2) is 60.7 Å². The number of nitrogens with one attached hydrogen (secondary N) is 1. The van der Waals surface area contributed by atoms with Crippen molar-refractivity contribution in [2.24, 2.45) is 0 Å². The number of pyridine rings is 1. The Hall–Kier alpha value is -2.19. The molecule has 0 fully saturated rings. The molecular formula is C17H16N2. The van der Waals surface area contributed by atoms with Crippen molar-refractivity contribution in [3.63, 3.8) is 0 Å². The molecule has 1 N–H and O–H groups in total. The first kappa shape index (κ1) is 11.9. The third-order valence-corrected chi connectivity index (χ3v) is 3.26. The second kappa shape index (κ2) is 5.21. The van der Waals surface area contributed by atoms with E-state index in [0.29, 0.717) is 0 Å². The molecule has 0 saturated heterocycles. The molecule has 1 heterocycles. The zero-order valence-corrected chi connectivity index (χ0v) is 10.9. The molecule has 2 aromatic carbocycles. The molecule has 0 amide bonds. The Kier molecular flexibility index (Phi) is 3.25. The Labute approximate surface area is 113 Å². The number of rotatable bonds is 3. The van der Waals surface area contributed by atoms with Crippen LogP contribution in [0.5, 0.6) is 0 Å². The van der Waals surface area contributed by atoms with Crippen molar-refractivity contribution in [2.75, 3.05) is 7.05 Å². The summed E-state index contributed by atoms with van der Waals surface area (Å²) in [5, 5.41) is 4.38. The monoisotopic (exact) mass is 248 g/mol. The van der Waals surface area contributed by atoms with Crippen molar-refractivity contribution in [2.45, 2.75) is 6.54 Å². The lowest BCUT2D eigenvalue weighted by Crippen LogP contribution is -2.06. The molecule has 2 nitrogen and oxygen atoms in total. The molecule has 19 heavy (non-hydrogen) atoms. The number of benzene rings is 2. The van der Waals surface area contributed by atoms with E-state index in [1.165, 1.54) is 16.5 Å². The van der Waals surface area contributed by atoms with Gasteiger partial charge in [0.1, 0.15) is 0 Å². The van der Waals surface area contributed by atoms with Crippen LogP contribution in [0, 0.1) is 0 Å². The first-order valence-electron chi connectivity index (χ1n) is 6.47. The van der Waals surface area contributed by atoms with Gasteiger partial charge in [0.15, 0.2) is 0 Å². The van der Waals surface area contributed by atoms with Gasteiger partial charge in [-0.2, -0.15) is 0 Å². The number of nitrogens with zero attached hydrogens (tertiary/aromatic N) is 1. The smallest absolute Gasteiger partial charge is 0.0712 e. The van der Waals surface area contributed by atoms with Crippen molar-refractivity contribution < 1.29 is 0 Å². The highest BCUT2D eigenvalue weighted by atomic mass is 14.8. The second-order valence-electron chi connectivity index (χ2n) is 4.58. The summed E-state index contributed by atoms with van der Waals surface area (Å²) >= 11 is 0. The predicted octanol–water partition coefficient (Wildman–Crippen LogP) is 3.62. The summed E-state index contributed by atoms with van der Waals surface area (Å²) in [5.41, 5.74) is 4.54. The summed E-state index contributed by atoms with van der Waals surface area (Å²) in [6.07, 6.45) is 0. The average molecular weight is 248 g/mol. The molecular weight excluding hydrogens is 232 g/mol. The van der Waals surface area contributed by atoms with Crippen LogP contribution in [0.25, 0.3) is 22.2 Å². The molecule has 94 valence electrons. The normalized spacial score (nSPS) is 10.8. The van der Waals surface area contributed by atoms with Crippen LogP contribution in [0.2, 0.25) is 0 Å². The Morgan fingerprint density at radius 2 is 1.68 bits per heavy atom. The quantitative estimate of drug-likeness (QED) is 0.765. The lowest BCUT2D eigenvalue weighted by molar-refractivity contribution is 0.819. The van der Waals surface area contributed by atoms with E-state index < -0.39 is 0 Å². The average Bonchev–Trinajstić information content (AvgIpc) is 2.48. The highest BCUT2D eigenvalue weighted by Crippen LogP contribution is 2.24. The van der Waals surface area contributed by atoms with E-state index in [0.717, 1.165) is 17.8 Å². The maximum atomic E-state index is 4.76. The first-order chi connectivity index (χ1) is 9.38. The molecule has 3 rings (SSSR count). The molecule has 0 aliphatic carbocycles. The molecule has 3 aromatic rings. The molecule has 0 radical (unpaired) electrons. The summed E-state index contributed by atoms with van der Waals surface area (Å²) in [6, 6.07) is 20.8. The fourth-order valence-electron chi connectivity index (χ4n) is 2.33. The molecule has 0 atom stereocenters. The second-order valence-corrected chi connectivity index (χ2v) is 4.58. The van der Waals surface area contributed by atoms with Crippen LogP contribution in [0.3, 0.4) is 0 Å². The zero-order valence-electron chi connectivity index (χ0n) is 10.9. The van der Waals surface area contributed by atoms with Crippen LogP contribution >= 0.6 is 0 Å². The third kappa shape index (κ3) is 2.35. The molecule has 0 aliphatic rings. The predicted molar refractivity (Wildman–Crippen MR) is 79.9 cm³/mol. The van der Waals surface area contributed by atoms with Gasteiger partial charge in [-0.3, -0.25) is 0 Å². The standard InChI is InChI=1S/C17H16N2/c1-18-12-14-7-2-4-8-15(14)17-11-10-13-6-3-5-9-16(13)19-17/h2-11,18H,12H2,1H3. The summed E-state index contributed by atoms with van der Waals surface area (Å²) < 4.78 is 0. The van der Waals surface area contributed by atoms with E-state index in [-0.39, 0.29) is 0 Å². The van der Waals surface area contributed by atoms with Gasteiger partial charge < -0.3 is 5.32 Å². The van der Waals surface area contributed by atoms with E-state index in [1.807, 2.05) is 19.2 Å². The lowest BCUT2D eigenvalue weighted by Gasteiger charge is -2.09. The number of hydrogen-bond acceptors (Lipinski definition) is 2. The van der Waals surface area contributed by atoms with Gasteiger partial charge in [0.2, 0.25) is 0 Å². The molecule has 0 unspecified atom stereocenters. The van der Waals surface area contributed by atoms with Crippen LogP contribution in [-0.4, -0.2) is 12.0 Å². The van der Waals surface area contributed by atoms with E-state index >= 15 is 0 Å². The first-order valence-corrected chi connectivity index (χ1v) is 6.47. The molecule has 1 aromatic heterocycles. The van der Waals surface area contributed by atoms with Crippen LogP contribution < -0.4 is 5.32 Å². The Bertz CT molecular complexity index is 704. The number of para-hydroxylation sites is 1. The van der Waals surface area contributed by atoms with E-state index in [4.69, 9.17) is 4.98 Å². The third-order valence-electron chi connectivity index (χ3n) is 3.26. The van der Waals surface area contributed by atoms with Crippen molar-refractivity contribution in [1.82, 2.24) is 10.3 Å². The molecule has 0 saturated carbocycles. The van der Waals surface area contributed by atoms with E-state index in [9.17, 15) is 0 Å². The summed E-state index contributed by atoms with van der Waals surface area (Å²) in [7, 11) is 1.96. The van der Waals surface area contributed by atoms with Crippen molar-refractivity contribution in [1.29, 1.82) is 0 Å². The van der Waals surface area contributed by atoms with Crippen LogP contribution in [-0.2, 0) is 6.54 Å². The molecule has 2 heteroatoms. The number of fused-ring (bicyclic) bond motifs is 1. The van der Waals surface area contributed by atoms with Gasteiger partial charge in [-0.1, -0.05) is 48.5 Å². The minimum absolute atomic E-state index is 0.852. The van der Waals surface area contributed by atoms with Gasteiger partial charge in [0.25, 0.3) is 0 Å². The maximum Gasteiger partial charge on any atom is 0.0712 e. The van der Waals surface area contributed by atoms with Gasteiger partial charge >= 0.3 is 0 Å². The van der Waals surface area contributed by atoms with Gasteiger partial charge in [-0.15, -0.1) is 0 Å². The number of hydrogen-bond donors (Lipinski definition) is 1. The molecule has 0 spiro atoms.